The van der Waals surface area contributed by atoms with Gasteiger partial charge >= 0.3 is 5.69 Å². The Hall–Kier alpha value is -3.23. The Morgan fingerprint density at radius 1 is 1.35 bits per heavy atom. The van der Waals surface area contributed by atoms with Crippen LogP contribution in [-0.2, 0) is 13.6 Å². The van der Waals surface area contributed by atoms with Crippen molar-refractivity contribution in [2.45, 2.75) is 13.5 Å². The maximum atomic E-state index is 12.0. The third-order valence-corrected chi connectivity index (χ3v) is 3.41. The molecule has 23 heavy (non-hydrogen) atoms. The molecule has 0 aliphatic heterocycles. The summed E-state index contributed by atoms with van der Waals surface area (Å²) in [5.41, 5.74) is 3.34. The fourth-order valence-electron chi connectivity index (χ4n) is 2.24. The van der Waals surface area contributed by atoms with Gasteiger partial charge in [-0.1, -0.05) is 0 Å². The smallest absolute Gasteiger partial charge is 0.303 e. The topological polar surface area (TPSA) is 110 Å². The van der Waals surface area contributed by atoms with Crippen molar-refractivity contribution in [2.24, 2.45) is 12.1 Å². The molecule has 3 rings (SSSR count). The Morgan fingerprint density at radius 2 is 2.09 bits per heavy atom. The first-order chi connectivity index (χ1) is 11.1. The fourth-order valence-corrected chi connectivity index (χ4v) is 2.24. The first-order valence-corrected chi connectivity index (χ1v) is 7.00. The maximum absolute atomic E-state index is 12.0. The monoisotopic (exact) mass is 313 g/mol. The number of hydrogen-bond donors (Lipinski definition) is 2. The zero-order chi connectivity index (χ0) is 16.4. The van der Waals surface area contributed by atoms with Crippen molar-refractivity contribution >= 4 is 23.3 Å². The highest BCUT2D eigenvalue weighted by atomic mass is 16.2. The van der Waals surface area contributed by atoms with Crippen LogP contribution in [0.4, 0.5) is 5.95 Å². The van der Waals surface area contributed by atoms with Crippen LogP contribution in [0.1, 0.15) is 12.5 Å². The molecule has 0 amide bonds. The average molecular weight is 313 g/mol. The molecule has 0 radical (unpaired) electrons. The molecule has 0 aromatic carbocycles. The zero-order valence-electron chi connectivity index (χ0n) is 12.6. The van der Waals surface area contributed by atoms with Gasteiger partial charge < -0.3 is 4.57 Å². The van der Waals surface area contributed by atoms with Crippen LogP contribution >= 0.6 is 0 Å². The van der Waals surface area contributed by atoms with Crippen LogP contribution in [0.5, 0.6) is 0 Å². The van der Waals surface area contributed by atoms with Crippen LogP contribution in [-0.4, -0.2) is 30.3 Å². The molecular weight excluding hydrogens is 298 g/mol. The number of rotatable bonds is 4. The van der Waals surface area contributed by atoms with E-state index in [-0.39, 0.29) is 0 Å². The summed E-state index contributed by atoms with van der Waals surface area (Å²) in [6, 6.07) is 3.62. The molecule has 2 N–H and O–H groups in total. The minimum absolute atomic E-state index is 0.308. The number of aryl methyl sites for hydroxylation is 2. The molecule has 0 saturated carbocycles. The number of imidazole rings is 1. The molecule has 118 valence electrons. The fraction of sp³-hybridized carbons (Fsp3) is 0.214. The molecule has 0 bridgehead atoms. The van der Waals surface area contributed by atoms with Gasteiger partial charge in [-0.2, -0.15) is 10.1 Å². The van der Waals surface area contributed by atoms with Gasteiger partial charge in [0.15, 0.2) is 11.2 Å². The molecule has 0 aliphatic carbocycles. The van der Waals surface area contributed by atoms with E-state index in [1.54, 1.807) is 30.2 Å². The molecule has 9 heteroatoms. The van der Waals surface area contributed by atoms with Gasteiger partial charge in [-0.25, -0.2) is 10.2 Å². The predicted octanol–water partition coefficient (Wildman–Crippen LogP) is 0.284. The number of hydrazone groups is 1. The van der Waals surface area contributed by atoms with E-state index in [1.807, 2.05) is 19.1 Å². The molecule has 0 atom stereocenters. The van der Waals surface area contributed by atoms with E-state index in [4.69, 9.17) is 0 Å². The highest BCUT2D eigenvalue weighted by molar-refractivity contribution is 5.80. The van der Waals surface area contributed by atoms with E-state index >= 15 is 0 Å². The number of H-pyrrole nitrogens is 1. The summed E-state index contributed by atoms with van der Waals surface area (Å²) in [5, 5.41) is 4.11. The first-order valence-electron chi connectivity index (χ1n) is 7.00. The quantitative estimate of drug-likeness (QED) is 0.531. The molecule has 0 saturated heterocycles. The van der Waals surface area contributed by atoms with E-state index in [0.717, 1.165) is 5.56 Å². The highest BCUT2D eigenvalue weighted by Gasteiger charge is 2.15. The lowest BCUT2D eigenvalue weighted by Gasteiger charge is -2.03. The van der Waals surface area contributed by atoms with Crippen molar-refractivity contribution in [3.05, 3.63) is 50.9 Å². The van der Waals surface area contributed by atoms with Crippen LogP contribution in [0.25, 0.3) is 11.2 Å². The Morgan fingerprint density at radius 3 is 2.78 bits per heavy atom. The Labute approximate surface area is 130 Å². The summed E-state index contributed by atoms with van der Waals surface area (Å²) in [5.74, 6) is 0.388. The predicted molar refractivity (Wildman–Crippen MR) is 86.7 cm³/mol. The molecule has 0 aliphatic rings. The summed E-state index contributed by atoms with van der Waals surface area (Å²) in [6.07, 6.45) is 4.94. The molecule has 3 aromatic heterocycles. The zero-order valence-corrected chi connectivity index (χ0v) is 12.6. The lowest BCUT2D eigenvalue weighted by Crippen LogP contribution is -2.29. The second kappa shape index (κ2) is 5.87. The van der Waals surface area contributed by atoms with E-state index in [0.29, 0.717) is 23.7 Å². The molecule has 9 nitrogen and oxygen atoms in total. The third-order valence-electron chi connectivity index (χ3n) is 3.41. The second-order valence-electron chi connectivity index (χ2n) is 4.82. The summed E-state index contributed by atoms with van der Waals surface area (Å²) in [7, 11) is 1.55. The van der Waals surface area contributed by atoms with Crippen LogP contribution in [0.15, 0.2) is 39.2 Å². The van der Waals surface area contributed by atoms with Crippen LogP contribution < -0.4 is 16.7 Å². The summed E-state index contributed by atoms with van der Waals surface area (Å²) in [4.78, 5) is 34.2. The number of hydrogen-bond acceptors (Lipinski definition) is 6. The van der Waals surface area contributed by atoms with Crippen molar-refractivity contribution in [3.63, 3.8) is 0 Å². The van der Waals surface area contributed by atoms with E-state index < -0.39 is 11.2 Å². The molecule has 0 fully saturated rings. The minimum Gasteiger partial charge on any atom is -0.303 e. The number of pyridine rings is 1. The number of fused-ring (bicyclic) bond motifs is 1. The van der Waals surface area contributed by atoms with Gasteiger partial charge in [0.25, 0.3) is 5.56 Å². The van der Waals surface area contributed by atoms with Gasteiger partial charge in [0, 0.05) is 26.0 Å². The SMILES string of the molecule is CCn1c(N/N=C\c2ccncc2)nc2c1c(=O)[nH]c(=O)n2C. The lowest BCUT2D eigenvalue weighted by atomic mass is 10.3. The minimum atomic E-state index is -0.505. The normalized spacial score (nSPS) is 11.4. The molecule has 3 heterocycles. The largest absolute Gasteiger partial charge is 0.329 e. The van der Waals surface area contributed by atoms with Crippen molar-refractivity contribution in [2.75, 3.05) is 5.43 Å². The van der Waals surface area contributed by atoms with Crippen LogP contribution in [0.3, 0.4) is 0 Å². The van der Waals surface area contributed by atoms with Gasteiger partial charge in [-0.15, -0.1) is 0 Å². The Kier molecular flexibility index (Phi) is 3.75. The number of aromatic nitrogens is 5. The lowest BCUT2D eigenvalue weighted by molar-refractivity contribution is 0.781. The van der Waals surface area contributed by atoms with Crippen LogP contribution in [0, 0.1) is 0 Å². The van der Waals surface area contributed by atoms with Crippen LogP contribution in [0.2, 0.25) is 0 Å². The molecule has 0 unspecified atom stereocenters. The Balaban J connectivity index is 2.03. The Bertz CT molecular complexity index is 982. The van der Waals surface area contributed by atoms with Crippen molar-refractivity contribution in [3.8, 4) is 0 Å². The number of anilines is 1. The van der Waals surface area contributed by atoms with Crippen molar-refractivity contribution in [1.29, 1.82) is 0 Å². The number of aromatic amines is 1. The third kappa shape index (κ3) is 2.63. The van der Waals surface area contributed by atoms with E-state index in [2.05, 4.69) is 25.5 Å². The molecule has 0 spiro atoms. The van der Waals surface area contributed by atoms with Gasteiger partial charge in [-0.3, -0.25) is 19.3 Å². The second-order valence-corrected chi connectivity index (χ2v) is 4.82. The summed E-state index contributed by atoms with van der Waals surface area (Å²) >= 11 is 0. The van der Waals surface area contributed by atoms with Gasteiger partial charge in [0.05, 0.1) is 6.21 Å². The number of nitrogens with zero attached hydrogens (tertiary/aromatic N) is 5. The molecule has 3 aromatic rings. The highest BCUT2D eigenvalue weighted by Crippen LogP contribution is 2.14. The van der Waals surface area contributed by atoms with Crippen molar-refractivity contribution < 1.29 is 0 Å². The molecular formula is C14H15N7O2. The van der Waals surface area contributed by atoms with Gasteiger partial charge in [0.2, 0.25) is 5.95 Å². The number of nitrogens with one attached hydrogen (secondary N) is 2. The average Bonchev–Trinajstić information content (AvgIpc) is 2.93. The standard InChI is InChI=1S/C14H15N7O2/c1-3-21-10-11(20(2)14(23)18-12(10)22)17-13(21)19-16-8-9-4-6-15-7-5-9/h4-8H,3H2,1-2H3,(H,17,19)(H,18,22,23)/b16-8-. The van der Waals surface area contributed by atoms with E-state index in [9.17, 15) is 9.59 Å². The summed E-state index contributed by atoms with van der Waals surface area (Å²) < 4.78 is 2.96. The van der Waals surface area contributed by atoms with Crippen molar-refractivity contribution in [1.82, 2.24) is 24.1 Å². The first kappa shape index (κ1) is 14.7. The van der Waals surface area contributed by atoms with Gasteiger partial charge in [0.1, 0.15) is 0 Å². The van der Waals surface area contributed by atoms with E-state index in [1.165, 1.54) is 4.57 Å². The maximum Gasteiger partial charge on any atom is 0.329 e. The van der Waals surface area contributed by atoms with Gasteiger partial charge in [-0.05, 0) is 24.6 Å². The summed E-state index contributed by atoms with van der Waals surface area (Å²) in [6.45, 7) is 2.38.